The third-order valence-electron chi connectivity index (χ3n) is 4.26. The van der Waals surface area contributed by atoms with E-state index in [2.05, 4.69) is 0 Å². The summed E-state index contributed by atoms with van der Waals surface area (Å²) in [6, 6.07) is 10.9. The van der Waals surface area contributed by atoms with E-state index in [4.69, 9.17) is 4.74 Å². The van der Waals surface area contributed by atoms with Gasteiger partial charge >= 0.3 is 0 Å². The van der Waals surface area contributed by atoms with Crippen LogP contribution in [0.2, 0.25) is 0 Å². The number of aryl methyl sites for hydroxylation is 2. The molecule has 3 rings (SSSR count). The minimum atomic E-state index is -3.66. The monoisotopic (exact) mass is 349 g/mol. The van der Waals surface area contributed by atoms with E-state index in [1.165, 1.54) is 16.4 Å². The summed E-state index contributed by atoms with van der Waals surface area (Å²) >= 11 is 0. The standard InChI is InChI=1S/C18H20FNO3S/c1-13-3-4-14(2)18(11-13)24(21,22)20-9-10-23-12-17(20)15-5-7-16(19)8-6-15/h3-8,11,17H,9-10,12H2,1-2H3. The maximum absolute atomic E-state index is 13.2. The molecule has 0 aromatic heterocycles. The van der Waals surface area contributed by atoms with E-state index >= 15 is 0 Å². The summed E-state index contributed by atoms with van der Waals surface area (Å²) in [6.07, 6.45) is 0. The molecule has 1 aliphatic rings. The molecule has 1 saturated heterocycles. The van der Waals surface area contributed by atoms with Crippen molar-refractivity contribution >= 4 is 10.0 Å². The smallest absolute Gasteiger partial charge is 0.244 e. The molecule has 1 aliphatic heterocycles. The van der Waals surface area contributed by atoms with Gasteiger partial charge in [0.2, 0.25) is 10.0 Å². The molecule has 1 unspecified atom stereocenters. The van der Waals surface area contributed by atoms with Gasteiger partial charge in [-0.1, -0.05) is 24.3 Å². The Kier molecular flexibility index (Phi) is 4.71. The molecule has 1 fully saturated rings. The lowest BCUT2D eigenvalue weighted by atomic mass is 10.1. The normalized spacial score (nSPS) is 19.4. The molecule has 4 nitrogen and oxygen atoms in total. The van der Waals surface area contributed by atoms with E-state index in [-0.39, 0.29) is 19.0 Å². The van der Waals surface area contributed by atoms with Crippen molar-refractivity contribution in [2.24, 2.45) is 0 Å². The maximum atomic E-state index is 13.2. The fourth-order valence-electron chi connectivity index (χ4n) is 2.94. The Bertz CT molecular complexity index is 834. The number of hydrogen-bond donors (Lipinski definition) is 0. The van der Waals surface area contributed by atoms with Crippen LogP contribution in [0, 0.1) is 19.7 Å². The second kappa shape index (κ2) is 6.63. The molecule has 0 amide bonds. The summed E-state index contributed by atoms with van der Waals surface area (Å²) in [7, 11) is -3.66. The van der Waals surface area contributed by atoms with Gasteiger partial charge in [0.15, 0.2) is 0 Å². The lowest BCUT2D eigenvalue weighted by Crippen LogP contribution is -2.43. The van der Waals surface area contributed by atoms with Crippen molar-refractivity contribution in [2.75, 3.05) is 19.8 Å². The highest BCUT2D eigenvalue weighted by Gasteiger charge is 2.35. The number of hydrogen-bond acceptors (Lipinski definition) is 3. The van der Waals surface area contributed by atoms with E-state index in [0.717, 1.165) is 11.1 Å². The van der Waals surface area contributed by atoms with Crippen LogP contribution in [0.15, 0.2) is 47.4 Å². The van der Waals surface area contributed by atoms with Gasteiger partial charge in [0.05, 0.1) is 24.2 Å². The Hall–Kier alpha value is -1.76. The molecule has 2 aromatic rings. The van der Waals surface area contributed by atoms with Gasteiger partial charge in [0.1, 0.15) is 5.82 Å². The molecule has 6 heteroatoms. The van der Waals surface area contributed by atoms with E-state index in [9.17, 15) is 12.8 Å². The van der Waals surface area contributed by atoms with Crippen LogP contribution in [0.3, 0.4) is 0 Å². The fraction of sp³-hybridized carbons (Fsp3) is 0.333. The first kappa shape index (κ1) is 17.1. The average molecular weight is 349 g/mol. The summed E-state index contributed by atoms with van der Waals surface area (Å²) in [4.78, 5) is 0.316. The summed E-state index contributed by atoms with van der Waals surface area (Å²) in [5.41, 5.74) is 2.33. The molecule has 0 spiro atoms. The SMILES string of the molecule is Cc1ccc(C)c(S(=O)(=O)N2CCOCC2c2ccc(F)cc2)c1. The molecule has 0 aliphatic carbocycles. The number of rotatable bonds is 3. The Morgan fingerprint density at radius 2 is 1.83 bits per heavy atom. The van der Waals surface area contributed by atoms with Crippen LogP contribution in [0.4, 0.5) is 4.39 Å². The second-order valence-electron chi connectivity index (χ2n) is 6.03. The van der Waals surface area contributed by atoms with E-state index in [1.54, 1.807) is 25.1 Å². The quantitative estimate of drug-likeness (QED) is 0.855. The lowest BCUT2D eigenvalue weighted by molar-refractivity contribution is 0.0320. The second-order valence-corrected chi connectivity index (χ2v) is 7.89. The van der Waals surface area contributed by atoms with Crippen molar-refractivity contribution in [1.29, 1.82) is 0 Å². The predicted molar refractivity (Wildman–Crippen MR) is 89.8 cm³/mol. The van der Waals surface area contributed by atoms with Gasteiger partial charge in [-0.15, -0.1) is 0 Å². The molecular formula is C18H20FNO3S. The zero-order valence-corrected chi connectivity index (χ0v) is 14.5. The summed E-state index contributed by atoms with van der Waals surface area (Å²) in [5.74, 6) is -0.348. The highest BCUT2D eigenvalue weighted by atomic mass is 32.2. The van der Waals surface area contributed by atoms with Gasteiger partial charge in [-0.25, -0.2) is 12.8 Å². The van der Waals surface area contributed by atoms with Gasteiger partial charge in [-0.3, -0.25) is 0 Å². The minimum absolute atomic E-state index is 0.260. The van der Waals surface area contributed by atoms with Crippen LogP contribution >= 0.6 is 0 Å². The number of nitrogens with zero attached hydrogens (tertiary/aromatic N) is 1. The molecule has 1 heterocycles. The molecular weight excluding hydrogens is 329 g/mol. The Labute approximate surface area is 141 Å². The van der Waals surface area contributed by atoms with Gasteiger partial charge < -0.3 is 4.74 Å². The number of halogens is 1. The van der Waals surface area contributed by atoms with Crippen molar-refractivity contribution in [1.82, 2.24) is 4.31 Å². The molecule has 0 radical (unpaired) electrons. The Morgan fingerprint density at radius 1 is 1.12 bits per heavy atom. The largest absolute Gasteiger partial charge is 0.378 e. The molecule has 1 atom stereocenters. The zero-order chi connectivity index (χ0) is 17.3. The van der Waals surface area contributed by atoms with E-state index in [1.807, 2.05) is 19.1 Å². The van der Waals surface area contributed by atoms with Crippen LogP contribution in [-0.2, 0) is 14.8 Å². The fourth-order valence-corrected chi connectivity index (χ4v) is 4.83. The number of sulfonamides is 1. The number of benzene rings is 2. The molecule has 24 heavy (non-hydrogen) atoms. The van der Waals surface area contributed by atoms with Crippen molar-refractivity contribution in [2.45, 2.75) is 24.8 Å². The molecule has 0 bridgehead atoms. The van der Waals surface area contributed by atoms with E-state index in [0.29, 0.717) is 17.1 Å². The molecule has 0 saturated carbocycles. The summed E-state index contributed by atoms with van der Waals surface area (Å²) in [5, 5.41) is 0. The van der Waals surface area contributed by atoms with Crippen LogP contribution in [-0.4, -0.2) is 32.5 Å². The molecule has 2 aromatic carbocycles. The van der Waals surface area contributed by atoms with Crippen LogP contribution in [0.1, 0.15) is 22.7 Å². The summed E-state index contributed by atoms with van der Waals surface area (Å²) in [6.45, 7) is 4.55. The number of ether oxygens (including phenoxy) is 1. The van der Waals surface area contributed by atoms with Gasteiger partial charge in [0.25, 0.3) is 0 Å². The topological polar surface area (TPSA) is 46.6 Å². The third-order valence-corrected chi connectivity index (χ3v) is 6.31. The van der Waals surface area contributed by atoms with Crippen LogP contribution in [0.25, 0.3) is 0 Å². The highest BCUT2D eigenvalue weighted by molar-refractivity contribution is 7.89. The first-order valence-corrected chi connectivity index (χ1v) is 9.26. The summed E-state index contributed by atoms with van der Waals surface area (Å²) < 4.78 is 46.5. The minimum Gasteiger partial charge on any atom is -0.378 e. The first-order valence-electron chi connectivity index (χ1n) is 7.82. The first-order chi connectivity index (χ1) is 11.4. The van der Waals surface area contributed by atoms with Crippen LogP contribution < -0.4 is 0 Å². The van der Waals surface area contributed by atoms with Crippen molar-refractivity contribution < 1.29 is 17.5 Å². The Balaban J connectivity index is 2.03. The van der Waals surface area contributed by atoms with Crippen LogP contribution in [0.5, 0.6) is 0 Å². The zero-order valence-electron chi connectivity index (χ0n) is 13.7. The van der Waals surface area contributed by atoms with Gasteiger partial charge in [-0.05, 0) is 48.7 Å². The number of morpholine rings is 1. The van der Waals surface area contributed by atoms with Gasteiger partial charge in [-0.2, -0.15) is 4.31 Å². The molecule has 128 valence electrons. The predicted octanol–water partition coefficient (Wildman–Crippen LogP) is 3.20. The maximum Gasteiger partial charge on any atom is 0.244 e. The van der Waals surface area contributed by atoms with E-state index < -0.39 is 16.1 Å². The Morgan fingerprint density at radius 3 is 2.54 bits per heavy atom. The lowest BCUT2D eigenvalue weighted by Gasteiger charge is -2.35. The third kappa shape index (κ3) is 3.22. The van der Waals surface area contributed by atoms with Gasteiger partial charge in [0, 0.05) is 6.54 Å². The van der Waals surface area contributed by atoms with Crippen molar-refractivity contribution in [3.63, 3.8) is 0 Å². The van der Waals surface area contributed by atoms with Crippen molar-refractivity contribution in [3.05, 3.63) is 65.0 Å². The molecule has 0 N–H and O–H groups in total. The average Bonchev–Trinajstić information content (AvgIpc) is 2.57. The van der Waals surface area contributed by atoms with Crippen molar-refractivity contribution in [3.8, 4) is 0 Å². The highest BCUT2D eigenvalue weighted by Crippen LogP contribution is 2.31.